The van der Waals surface area contributed by atoms with Crippen LogP contribution in [0.2, 0.25) is 0 Å². The summed E-state index contributed by atoms with van der Waals surface area (Å²) in [5.74, 6) is -0.954. The predicted molar refractivity (Wildman–Crippen MR) is 127 cm³/mol. The zero-order chi connectivity index (χ0) is 26.5. The van der Waals surface area contributed by atoms with Crippen molar-refractivity contribution in [2.45, 2.75) is 30.0 Å². The first kappa shape index (κ1) is 27.5. The van der Waals surface area contributed by atoms with E-state index in [0.717, 1.165) is 46.3 Å². The number of halogens is 4. The summed E-state index contributed by atoms with van der Waals surface area (Å²) in [5, 5.41) is 0. The molecule has 0 aliphatic heterocycles. The summed E-state index contributed by atoms with van der Waals surface area (Å²) in [4.78, 5) is 12.9. The molecule has 0 radical (unpaired) electrons. The Bertz CT molecular complexity index is 1290. The van der Waals surface area contributed by atoms with E-state index in [2.05, 4.69) is 0 Å². The molecule has 192 valence electrons. The number of benzene rings is 3. The fourth-order valence-corrected chi connectivity index (χ4v) is 5.02. The number of rotatable bonds is 10. The molecule has 0 heterocycles. The van der Waals surface area contributed by atoms with Crippen LogP contribution in [-0.2, 0) is 32.2 Å². The fourth-order valence-electron chi connectivity index (χ4n) is 3.69. The van der Waals surface area contributed by atoms with Crippen LogP contribution in [0.25, 0.3) is 11.1 Å². The minimum Gasteiger partial charge on any atom is -0.383 e. The first-order valence-electron chi connectivity index (χ1n) is 11.0. The van der Waals surface area contributed by atoms with E-state index in [1.807, 2.05) is 0 Å². The third kappa shape index (κ3) is 6.57. The van der Waals surface area contributed by atoms with Crippen molar-refractivity contribution in [3.05, 3.63) is 89.7 Å². The molecule has 0 fully saturated rings. The quantitative estimate of drug-likeness (QED) is 0.336. The lowest BCUT2D eigenvalue weighted by Gasteiger charge is -2.26. The SMILES string of the molecule is COC[C@@H](C(=O)CCc1cccc(-c2ccc(C(F)(F)F)cc2)c1)N(C)S(=O)(=O)c1ccc(F)cc1. The first-order valence-corrected chi connectivity index (χ1v) is 12.4. The molecule has 0 amide bonds. The van der Waals surface area contributed by atoms with Crippen LogP contribution in [0.5, 0.6) is 0 Å². The average molecular weight is 524 g/mol. The van der Waals surface area contributed by atoms with Crippen LogP contribution in [0.1, 0.15) is 17.5 Å². The highest BCUT2D eigenvalue weighted by molar-refractivity contribution is 7.89. The number of likely N-dealkylation sites (N-methyl/N-ethyl adjacent to an activating group) is 1. The molecule has 0 unspecified atom stereocenters. The Morgan fingerprint density at radius 2 is 1.61 bits per heavy atom. The Balaban J connectivity index is 1.73. The lowest BCUT2D eigenvalue weighted by atomic mass is 9.98. The van der Waals surface area contributed by atoms with Gasteiger partial charge in [-0.25, -0.2) is 12.8 Å². The maximum absolute atomic E-state index is 13.2. The number of aryl methyl sites for hydroxylation is 1. The van der Waals surface area contributed by atoms with Crippen LogP contribution >= 0.6 is 0 Å². The highest BCUT2D eigenvalue weighted by Gasteiger charge is 2.33. The zero-order valence-corrected chi connectivity index (χ0v) is 20.4. The second-order valence-corrected chi connectivity index (χ2v) is 10.2. The molecule has 0 saturated carbocycles. The van der Waals surface area contributed by atoms with Crippen molar-refractivity contribution in [3.8, 4) is 11.1 Å². The number of ketones is 1. The summed E-state index contributed by atoms with van der Waals surface area (Å²) in [5.41, 5.74) is 1.31. The molecular weight excluding hydrogens is 498 g/mol. The monoisotopic (exact) mass is 523 g/mol. The van der Waals surface area contributed by atoms with Crippen molar-refractivity contribution in [3.63, 3.8) is 0 Å². The molecule has 0 aromatic heterocycles. The van der Waals surface area contributed by atoms with Crippen molar-refractivity contribution in [1.29, 1.82) is 0 Å². The van der Waals surface area contributed by atoms with Crippen LogP contribution in [0.3, 0.4) is 0 Å². The number of hydrogen-bond acceptors (Lipinski definition) is 4. The Morgan fingerprint density at radius 1 is 0.972 bits per heavy atom. The van der Waals surface area contributed by atoms with Gasteiger partial charge in [-0.15, -0.1) is 0 Å². The molecule has 0 bridgehead atoms. The molecule has 0 spiro atoms. The number of carbonyl (C=O) groups excluding carboxylic acids is 1. The summed E-state index contributed by atoms with van der Waals surface area (Å²) in [7, 11) is -1.45. The smallest absolute Gasteiger partial charge is 0.383 e. The number of nitrogens with zero attached hydrogens (tertiary/aromatic N) is 1. The van der Waals surface area contributed by atoms with E-state index < -0.39 is 33.6 Å². The van der Waals surface area contributed by atoms with Gasteiger partial charge in [0.15, 0.2) is 5.78 Å². The maximum Gasteiger partial charge on any atom is 0.416 e. The first-order chi connectivity index (χ1) is 16.9. The molecule has 3 aromatic carbocycles. The van der Waals surface area contributed by atoms with Crippen LogP contribution in [0.15, 0.2) is 77.7 Å². The second kappa shape index (κ2) is 11.3. The predicted octanol–water partition coefficient (Wildman–Crippen LogP) is 5.35. The van der Waals surface area contributed by atoms with Crippen LogP contribution in [0, 0.1) is 5.82 Å². The molecule has 0 aliphatic carbocycles. The number of sulfonamides is 1. The fraction of sp³-hybridized carbons (Fsp3) is 0.269. The van der Waals surface area contributed by atoms with E-state index in [1.54, 1.807) is 24.3 Å². The van der Waals surface area contributed by atoms with Gasteiger partial charge in [0.05, 0.1) is 17.1 Å². The van der Waals surface area contributed by atoms with Crippen molar-refractivity contribution >= 4 is 15.8 Å². The standard InChI is InChI=1S/C26H25F4NO4S/c1-31(36(33,34)23-13-11-22(27)12-14-23)24(17-35-2)25(32)15-6-18-4-3-5-20(16-18)19-7-9-21(10-8-19)26(28,29)30/h3-5,7-14,16,24H,6,15,17H2,1-2H3/t24-/m0/s1. The molecular formula is C26H25F4NO4S. The summed E-state index contributed by atoms with van der Waals surface area (Å²) in [6.45, 7) is -0.165. The Hall–Kier alpha value is -3.08. The minimum atomic E-state index is -4.42. The van der Waals surface area contributed by atoms with Crippen molar-refractivity contribution in [2.24, 2.45) is 0 Å². The van der Waals surface area contributed by atoms with Gasteiger partial charge in [-0.05, 0) is 59.5 Å². The summed E-state index contributed by atoms with van der Waals surface area (Å²) in [6.07, 6.45) is -4.12. The van der Waals surface area contributed by atoms with E-state index in [-0.39, 0.29) is 30.1 Å². The Morgan fingerprint density at radius 3 is 2.19 bits per heavy atom. The van der Waals surface area contributed by atoms with E-state index in [1.165, 1.54) is 26.3 Å². The highest BCUT2D eigenvalue weighted by Crippen LogP contribution is 2.31. The molecule has 3 rings (SSSR count). The largest absolute Gasteiger partial charge is 0.416 e. The van der Waals surface area contributed by atoms with Gasteiger partial charge < -0.3 is 4.74 Å². The number of Topliss-reactive ketones (excluding diaryl/α,β-unsaturated/α-hetero) is 1. The van der Waals surface area contributed by atoms with Gasteiger partial charge in [0.1, 0.15) is 11.9 Å². The lowest BCUT2D eigenvalue weighted by molar-refractivity contribution is -0.137. The zero-order valence-electron chi connectivity index (χ0n) is 19.6. The van der Waals surface area contributed by atoms with Crippen molar-refractivity contribution in [2.75, 3.05) is 20.8 Å². The second-order valence-electron chi connectivity index (χ2n) is 8.19. The van der Waals surface area contributed by atoms with E-state index in [4.69, 9.17) is 4.74 Å². The van der Waals surface area contributed by atoms with Gasteiger partial charge in [0, 0.05) is 20.6 Å². The van der Waals surface area contributed by atoms with Gasteiger partial charge in [0.2, 0.25) is 10.0 Å². The molecule has 3 aromatic rings. The van der Waals surface area contributed by atoms with Crippen molar-refractivity contribution < 1.29 is 35.5 Å². The number of alkyl halides is 3. The number of methoxy groups -OCH3 is 1. The summed E-state index contributed by atoms with van der Waals surface area (Å²) >= 11 is 0. The summed E-state index contributed by atoms with van der Waals surface area (Å²) < 4.78 is 83.6. The third-order valence-corrected chi connectivity index (χ3v) is 7.64. The molecule has 36 heavy (non-hydrogen) atoms. The van der Waals surface area contributed by atoms with Gasteiger partial charge in [-0.2, -0.15) is 17.5 Å². The number of carbonyl (C=O) groups is 1. The lowest BCUT2D eigenvalue weighted by Crippen LogP contribution is -2.45. The average Bonchev–Trinajstić information content (AvgIpc) is 2.85. The Labute approximate surface area is 207 Å². The molecule has 0 N–H and O–H groups in total. The van der Waals surface area contributed by atoms with Crippen LogP contribution in [-0.4, -0.2) is 45.3 Å². The van der Waals surface area contributed by atoms with E-state index in [9.17, 15) is 30.8 Å². The van der Waals surface area contributed by atoms with Crippen LogP contribution in [0.4, 0.5) is 17.6 Å². The number of hydrogen-bond donors (Lipinski definition) is 0. The maximum atomic E-state index is 13.2. The molecule has 10 heteroatoms. The van der Waals surface area contributed by atoms with E-state index in [0.29, 0.717) is 11.1 Å². The highest BCUT2D eigenvalue weighted by atomic mass is 32.2. The van der Waals surface area contributed by atoms with Gasteiger partial charge in [-0.3, -0.25) is 4.79 Å². The van der Waals surface area contributed by atoms with Crippen molar-refractivity contribution in [1.82, 2.24) is 4.31 Å². The third-order valence-electron chi connectivity index (χ3n) is 5.76. The topological polar surface area (TPSA) is 63.7 Å². The van der Waals surface area contributed by atoms with E-state index >= 15 is 0 Å². The molecule has 0 aliphatic rings. The van der Waals surface area contributed by atoms with Gasteiger partial charge >= 0.3 is 6.18 Å². The Kier molecular flexibility index (Phi) is 8.65. The molecule has 5 nitrogen and oxygen atoms in total. The van der Waals surface area contributed by atoms with Crippen LogP contribution < -0.4 is 0 Å². The molecule has 0 saturated heterocycles. The number of ether oxygens (including phenoxy) is 1. The minimum absolute atomic E-state index is 0.00771. The molecule has 1 atom stereocenters. The summed E-state index contributed by atoms with van der Waals surface area (Å²) in [6, 6.07) is 15.1. The van der Waals surface area contributed by atoms with Gasteiger partial charge in [0.25, 0.3) is 0 Å². The normalized spacial score (nSPS) is 13.1. The van der Waals surface area contributed by atoms with Gasteiger partial charge in [-0.1, -0.05) is 36.4 Å².